The van der Waals surface area contributed by atoms with Gasteiger partial charge in [0.1, 0.15) is 17.7 Å². The number of aromatic nitrogens is 6. The third-order valence-electron chi connectivity index (χ3n) is 4.92. The highest BCUT2D eigenvalue weighted by Crippen LogP contribution is 2.27. The minimum atomic E-state index is -4.54. The summed E-state index contributed by atoms with van der Waals surface area (Å²) < 4.78 is 40.2. The third-order valence-corrected chi connectivity index (χ3v) is 4.92. The van der Waals surface area contributed by atoms with Crippen LogP contribution in [0, 0.1) is 0 Å². The molecule has 2 N–H and O–H groups in total. The average Bonchev–Trinajstić information content (AvgIpc) is 3.21. The van der Waals surface area contributed by atoms with E-state index in [1.54, 1.807) is 41.1 Å². The molecule has 1 aromatic carbocycles. The van der Waals surface area contributed by atoms with Crippen molar-refractivity contribution in [2.45, 2.75) is 19.3 Å². The number of pyridine rings is 1. The van der Waals surface area contributed by atoms with Crippen LogP contribution in [0.3, 0.4) is 0 Å². The molecule has 0 saturated heterocycles. The second kappa shape index (κ2) is 9.65. The van der Waals surface area contributed by atoms with Gasteiger partial charge in [0.25, 0.3) is 5.91 Å². The third kappa shape index (κ3) is 5.34. The summed E-state index contributed by atoms with van der Waals surface area (Å²) in [5, 5.41) is 14.2. The minimum absolute atomic E-state index is 0.0627. The van der Waals surface area contributed by atoms with Crippen LogP contribution in [-0.2, 0) is 26.3 Å². The molecule has 3 aromatic heterocycles. The molecular formula is C22H19F3N8O. The molecule has 0 bridgehead atoms. The van der Waals surface area contributed by atoms with Gasteiger partial charge in [-0.25, -0.2) is 9.97 Å². The number of anilines is 1. The van der Waals surface area contributed by atoms with Gasteiger partial charge in [-0.15, -0.1) is 10.2 Å². The highest BCUT2D eigenvalue weighted by Gasteiger charge is 2.32. The van der Waals surface area contributed by atoms with Gasteiger partial charge in [-0.05, 0) is 42.0 Å². The zero-order chi connectivity index (χ0) is 24.1. The second-order valence-electron chi connectivity index (χ2n) is 7.26. The molecular weight excluding hydrogens is 449 g/mol. The van der Waals surface area contributed by atoms with Gasteiger partial charge in [0.2, 0.25) is 0 Å². The molecule has 174 valence electrons. The highest BCUT2D eigenvalue weighted by atomic mass is 19.4. The maximum Gasteiger partial charge on any atom is 0.433 e. The zero-order valence-corrected chi connectivity index (χ0v) is 17.9. The van der Waals surface area contributed by atoms with Gasteiger partial charge in [0.15, 0.2) is 11.6 Å². The van der Waals surface area contributed by atoms with Crippen molar-refractivity contribution in [1.82, 2.24) is 35.0 Å². The van der Waals surface area contributed by atoms with Gasteiger partial charge in [-0.1, -0.05) is 6.07 Å². The Bertz CT molecular complexity index is 1290. The van der Waals surface area contributed by atoms with Crippen LogP contribution < -0.4 is 10.6 Å². The highest BCUT2D eigenvalue weighted by molar-refractivity contribution is 5.95. The Morgan fingerprint density at radius 3 is 2.65 bits per heavy atom. The predicted molar refractivity (Wildman–Crippen MR) is 116 cm³/mol. The van der Waals surface area contributed by atoms with E-state index in [4.69, 9.17) is 0 Å². The largest absolute Gasteiger partial charge is 0.433 e. The van der Waals surface area contributed by atoms with Crippen LogP contribution in [0.1, 0.15) is 27.4 Å². The number of carbonyl (C=O) groups is 1. The van der Waals surface area contributed by atoms with E-state index < -0.39 is 17.8 Å². The number of amides is 1. The van der Waals surface area contributed by atoms with Crippen LogP contribution in [-0.4, -0.2) is 35.6 Å². The van der Waals surface area contributed by atoms with Crippen molar-refractivity contribution in [3.63, 3.8) is 0 Å². The van der Waals surface area contributed by atoms with E-state index in [2.05, 4.69) is 35.8 Å². The lowest BCUT2D eigenvalue weighted by Gasteiger charge is -2.10. The number of hydrogen-bond acceptors (Lipinski definition) is 7. The average molecular weight is 468 g/mol. The molecule has 3 heterocycles. The van der Waals surface area contributed by atoms with Crippen LogP contribution in [0.25, 0.3) is 11.5 Å². The number of alkyl halides is 3. The summed E-state index contributed by atoms with van der Waals surface area (Å²) in [7, 11) is 1.82. The Kier molecular flexibility index (Phi) is 6.48. The van der Waals surface area contributed by atoms with E-state index in [1.807, 2.05) is 7.05 Å². The van der Waals surface area contributed by atoms with Crippen LogP contribution in [0.15, 0.2) is 61.2 Å². The number of rotatable bonds is 7. The molecule has 0 unspecified atom stereocenters. The van der Waals surface area contributed by atoms with Crippen molar-refractivity contribution >= 4 is 11.6 Å². The molecule has 0 saturated carbocycles. The minimum Gasteiger partial charge on any atom is -0.378 e. The molecule has 0 fully saturated rings. The zero-order valence-electron chi connectivity index (χ0n) is 17.9. The first-order chi connectivity index (χ1) is 16.3. The maximum absolute atomic E-state index is 12.8. The number of halogens is 3. The number of nitrogens with one attached hydrogen (secondary N) is 2. The summed E-state index contributed by atoms with van der Waals surface area (Å²) >= 11 is 0. The summed E-state index contributed by atoms with van der Waals surface area (Å²) in [6.45, 7) is 0.281. The number of nitrogens with zero attached hydrogens (tertiary/aromatic N) is 6. The molecule has 4 aromatic rings. The van der Waals surface area contributed by atoms with Crippen molar-refractivity contribution in [3.05, 3.63) is 83.8 Å². The Morgan fingerprint density at radius 1 is 1.03 bits per heavy atom. The van der Waals surface area contributed by atoms with Gasteiger partial charge >= 0.3 is 6.18 Å². The molecule has 4 rings (SSSR count). The van der Waals surface area contributed by atoms with Crippen LogP contribution >= 0.6 is 0 Å². The maximum atomic E-state index is 12.8. The topological polar surface area (TPSA) is 111 Å². The van der Waals surface area contributed by atoms with Crippen LogP contribution in [0.5, 0.6) is 0 Å². The lowest BCUT2D eigenvalue weighted by Crippen LogP contribution is -2.23. The van der Waals surface area contributed by atoms with E-state index in [0.29, 0.717) is 40.7 Å². The summed E-state index contributed by atoms with van der Waals surface area (Å²) in [6.07, 6.45) is -0.423. The van der Waals surface area contributed by atoms with Crippen molar-refractivity contribution in [1.29, 1.82) is 0 Å². The van der Waals surface area contributed by atoms with Crippen LogP contribution in [0.2, 0.25) is 0 Å². The van der Waals surface area contributed by atoms with Crippen molar-refractivity contribution in [3.8, 4) is 11.5 Å². The molecule has 0 aliphatic carbocycles. The summed E-state index contributed by atoms with van der Waals surface area (Å²) in [5.74, 6) is 0.831. The normalized spacial score (nSPS) is 11.3. The van der Waals surface area contributed by atoms with Gasteiger partial charge in [-0.2, -0.15) is 13.2 Å². The summed E-state index contributed by atoms with van der Waals surface area (Å²) in [4.78, 5) is 23.9. The van der Waals surface area contributed by atoms with E-state index >= 15 is 0 Å². The standard InChI is InChI=1S/C22H19F3N8O/c1-33-19(31-32-20(33)17-6-7-26-13-30-17)12-28-16-4-2-3-15(10-16)21(34)29-11-14-5-8-27-18(9-14)22(23,24)25/h2-10,13,28H,11-12H2,1H3,(H,29,34). The summed E-state index contributed by atoms with van der Waals surface area (Å²) in [5.41, 5.74) is 0.965. The van der Waals surface area contributed by atoms with Crippen molar-refractivity contribution in [2.24, 2.45) is 7.05 Å². The molecule has 0 aliphatic rings. The van der Waals surface area contributed by atoms with Gasteiger partial charge in [-0.3, -0.25) is 9.78 Å². The van der Waals surface area contributed by atoms with Crippen molar-refractivity contribution < 1.29 is 18.0 Å². The number of hydrogen-bond donors (Lipinski definition) is 2. The van der Waals surface area contributed by atoms with E-state index in [0.717, 1.165) is 12.3 Å². The Balaban J connectivity index is 1.38. The molecule has 0 aliphatic heterocycles. The first-order valence-corrected chi connectivity index (χ1v) is 10.1. The SMILES string of the molecule is Cn1c(CNc2cccc(C(=O)NCc3ccnc(C(F)(F)F)c3)c2)nnc1-c1ccncn1. The van der Waals surface area contributed by atoms with Gasteiger partial charge < -0.3 is 15.2 Å². The molecule has 1 amide bonds. The first kappa shape index (κ1) is 22.8. The smallest absolute Gasteiger partial charge is 0.378 e. The van der Waals surface area contributed by atoms with E-state index in [9.17, 15) is 18.0 Å². The fourth-order valence-corrected chi connectivity index (χ4v) is 3.14. The lowest BCUT2D eigenvalue weighted by atomic mass is 10.1. The lowest BCUT2D eigenvalue weighted by molar-refractivity contribution is -0.141. The Labute approximate surface area is 192 Å². The molecule has 9 nitrogen and oxygen atoms in total. The predicted octanol–water partition coefficient (Wildman–Crippen LogP) is 3.23. The number of benzene rings is 1. The van der Waals surface area contributed by atoms with Gasteiger partial charge in [0, 0.05) is 37.2 Å². The van der Waals surface area contributed by atoms with Crippen LogP contribution in [0.4, 0.5) is 18.9 Å². The summed E-state index contributed by atoms with van der Waals surface area (Å²) in [6, 6.07) is 10.8. The fourth-order valence-electron chi connectivity index (χ4n) is 3.14. The monoisotopic (exact) mass is 468 g/mol. The molecule has 12 heteroatoms. The van der Waals surface area contributed by atoms with Crippen molar-refractivity contribution in [2.75, 3.05) is 5.32 Å². The van der Waals surface area contributed by atoms with E-state index in [1.165, 1.54) is 12.4 Å². The Morgan fingerprint density at radius 2 is 1.88 bits per heavy atom. The molecule has 34 heavy (non-hydrogen) atoms. The second-order valence-corrected chi connectivity index (χ2v) is 7.26. The molecule has 0 radical (unpaired) electrons. The number of carbonyl (C=O) groups excluding carboxylic acids is 1. The quantitative estimate of drug-likeness (QED) is 0.428. The first-order valence-electron chi connectivity index (χ1n) is 10.1. The van der Waals surface area contributed by atoms with Gasteiger partial charge in [0.05, 0.1) is 6.54 Å². The molecule has 0 atom stereocenters. The fraction of sp³-hybridized carbons (Fsp3) is 0.182. The Hall–Kier alpha value is -4.35. The van der Waals surface area contributed by atoms with E-state index in [-0.39, 0.29) is 6.54 Å². The molecule has 0 spiro atoms.